The van der Waals surface area contributed by atoms with E-state index in [4.69, 9.17) is 4.74 Å². The Labute approximate surface area is 102 Å². The molecule has 0 fully saturated rings. The molecule has 2 heteroatoms. The zero-order chi connectivity index (χ0) is 11.8. The molecule has 1 aromatic carbocycles. The third-order valence-corrected chi connectivity index (χ3v) is 9.14. The quantitative estimate of drug-likeness (QED) is 0.750. The standard InChI is InChI=1S/C11H11O.3CH3.Sn/c1-12-11-7-6-9-4-2-3-5-10(9)8-11;;;;/h2,6-8H,3,5H2,1H3;3*1H3;. The van der Waals surface area contributed by atoms with Gasteiger partial charge in [0, 0.05) is 0 Å². The van der Waals surface area contributed by atoms with E-state index in [1.54, 1.807) is 10.7 Å². The second kappa shape index (κ2) is 4.44. The zero-order valence-corrected chi connectivity index (χ0v) is 13.5. The van der Waals surface area contributed by atoms with Crippen molar-refractivity contribution in [3.8, 4) is 5.75 Å². The van der Waals surface area contributed by atoms with Crippen LogP contribution in [0.5, 0.6) is 5.75 Å². The maximum absolute atomic E-state index is 5.30. The molecule has 86 valence electrons. The number of hydrogen-bond acceptors (Lipinski definition) is 1. The van der Waals surface area contributed by atoms with Gasteiger partial charge in [0.05, 0.1) is 0 Å². The molecular weight excluding hydrogens is 303 g/mol. The summed E-state index contributed by atoms with van der Waals surface area (Å²) in [7, 11) is 1.74. The predicted molar refractivity (Wildman–Crippen MR) is 72.6 cm³/mol. The van der Waals surface area contributed by atoms with E-state index in [0.29, 0.717) is 0 Å². The van der Waals surface area contributed by atoms with Gasteiger partial charge in [-0.25, -0.2) is 0 Å². The minimum atomic E-state index is -1.95. The fourth-order valence-corrected chi connectivity index (χ4v) is 7.52. The molecule has 1 aliphatic carbocycles. The first-order valence-corrected chi connectivity index (χ1v) is 15.9. The number of fused-ring (bicyclic) bond motifs is 1. The second-order valence-electron chi connectivity index (χ2n) is 5.43. The van der Waals surface area contributed by atoms with E-state index in [1.165, 1.54) is 17.5 Å². The van der Waals surface area contributed by atoms with Gasteiger partial charge < -0.3 is 0 Å². The van der Waals surface area contributed by atoms with Crippen LogP contribution < -0.4 is 4.74 Å². The minimum absolute atomic E-state index is 0.990. The molecule has 2 rings (SSSR count). The molecule has 0 aliphatic heterocycles. The van der Waals surface area contributed by atoms with E-state index in [2.05, 4.69) is 39.1 Å². The summed E-state index contributed by atoms with van der Waals surface area (Å²) in [4.78, 5) is 7.46. The van der Waals surface area contributed by atoms with Crippen molar-refractivity contribution < 1.29 is 4.74 Å². The SMILES string of the molecule is COc1ccc2c(c1)CCC=[C]2[Sn]([CH3])([CH3])[CH3]. The van der Waals surface area contributed by atoms with Gasteiger partial charge >= 0.3 is 103 Å². The predicted octanol–water partition coefficient (Wildman–Crippen LogP) is 3.90. The summed E-state index contributed by atoms with van der Waals surface area (Å²) < 4.78 is 6.98. The van der Waals surface area contributed by atoms with Crippen LogP contribution in [0.15, 0.2) is 24.3 Å². The molecular formula is C14H20OSn. The van der Waals surface area contributed by atoms with E-state index in [1.807, 2.05) is 0 Å². The fourth-order valence-electron chi connectivity index (χ4n) is 2.36. The molecule has 0 atom stereocenters. The number of benzene rings is 1. The van der Waals surface area contributed by atoms with Crippen LogP contribution >= 0.6 is 0 Å². The first kappa shape index (κ1) is 12.0. The van der Waals surface area contributed by atoms with E-state index in [9.17, 15) is 0 Å². The molecule has 0 amide bonds. The molecule has 0 N–H and O–H groups in total. The average Bonchev–Trinajstić information content (AvgIpc) is 2.26. The van der Waals surface area contributed by atoms with Gasteiger partial charge in [0.2, 0.25) is 0 Å². The van der Waals surface area contributed by atoms with E-state index in [-0.39, 0.29) is 0 Å². The second-order valence-corrected chi connectivity index (χ2v) is 19.8. The molecule has 0 spiro atoms. The third-order valence-electron chi connectivity index (χ3n) is 3.17. The number of aryl methyl sites for hydroxylation is 1. The molecule has 0 radical (unpaired) electrons. The molecule has 0 saturated carbocycles. The molecule has 0 saturated heterocycles. The molecule has 0 unspecified atom stereocenters. The van der Waals surface area contributed by atoms with Crippen molar-refractivity contribution in [3.63, 3.8) is 0 Å². The summed E-state index contributed by atoms with van der Waals surface area (Å²) in [5, 5.41) is 0. The van der Waals surface area contributed by atoms with Crippen molar-refractivity contribution >= 4 is 22.0 Å². The van der Waals surface area contributed by atoms with Crippen LogP contribution in [0.1, 0.15) is 17.5 Å². The Morgan fingerprint density at radius 3 is 2.56 bits per heavy atom. The molecule has 0 bridgehead atoms. The summed E-state index contributed by atoms with van der Waals surface area (Å²) in [5.74, 6) is 0.990. The topological polar surface area (TPSA) is 9.23 Å². The van der Waals surface area contributed by atoms with Gasteiger partial charge in [-0.15, -0.1) is 0 Å². The molecule has 1 aliphatic rings. The normalized spacial score (nSPS) is 15.4. The Morgan fingerprint density at radius 1 is 1.19 bits per heavy atom. The van der Waals surface area contributed by atoms with Gasteiger partial charge in [-0.05, 0) is 0 Å². The average molecular weight is 323 g/mol. The van der Waals surface area contributed by atoms with Gasteiger partial charge in [-0.1, -0.05) is 0 Å². The van der Waals surface area contributed by atoms with E-state index in [0.717, 1.165) is 12.2 Å². The van der Waals surface area contributed by atoms with Crippen molar-refractivity contribution in [2.75, 3.05) is 7.11 Å². The van der Waals surface area contributed by atoms with Crippen LogP contribution in [0.4, 0.5) is 0 Å². The van der Waals surface area contributed by atoms with Gasteiger partial charge in [0.1, 0.15) is 0 Å². The van der Waals surface area contributed by atoms with Gasteiger partial charge in [-0.2, -0.15) is 0 Å². The van der Waals surface area contributed by atoms with Crippen molar-refractivity contribution in [2.24, 2.45) is 0 Å². The summed E-state index contributed by atoms with van der Waals surface area (Å²) in [6, 6.07) is 6.55. The molecule has 1 nitrogen and oxygen atoms in total. The van der Waals surface area contributed by atoms with Crippen molar-refractivity contribution in [1.29, 1.82) is 0 Å². The van der Waals surface area contributed by atoms with Gasteiger partial charge in [-0.3, -0.25) is 0 Å². The van der Waals surface area contributed by atoms with Crippen LogP contribution in [0, 0.1) is 0 Å². The number of methoxy groups -OCH3 is 1. The van der Waals surface area contributed by atoms with Gasteiger partial charge in [0.25, 0.3) is 0 Å². The summed E-state index contributed by atoms with van der Waals surface area (Å²) in [5.41, 5.74) is 2.97. The van der Waals surface area contributed by atoms with Crippen LogP contribution in [0.2, 0.25) is 14.8 Å². The number of hydrogen-bond donors (Lipinski definition) is 0. The molecule has 16 heavy (non-hydrogen) atoms. The Hall–Kier alpha value is -0.441. The van der Waals surface area contributed by atoms with Crippen LogP contribution in [0.25, 0.3) is 3.59 Å². The Balaban J connectivity index is 2.47. The van der Waals surface area contributed by atoms with Crippen molar-refractivity contribution in [2.45, 2.75) is 27.7 Å². The zero-order valence-electron chi connectivity index (χ0n) is 10.6. The third kappa shape index (κ3) is 2.29. The molecule has 0 heterocycles. The number of allylic oxidation sites excluding steroid dienone is 1. The number of ether oxygens (including phenoxy) is 1. The molecule has 0 aromatic heterocycles. The fraction of sp³-hybridized carbons (Fsp3) is 0.429. The Bertz CT molecular complexity index is 427. The van der Waals surface area contributed by atoms with Gasteiger partial charge in [0.15, 0.2) is 0 Å². The van der Waals surface area contributed by atoms with Crippen LogP contribution in [0.3, 0.4) is 0 Å². The maximum atomic E-state index is 5.30. The summed E-state index contributed by atoms with van der Waals surface area (Å²) in [6.45, 7) is 0. The Morgan fingerprint density at radius 2 is 1.94 bits per heavy atom. The number of rotatable bonds is 2. The van der Waals surface area contributed by atoms with Crippen LogP contribution in [-0.2, 0) is 6.42 Å². The molecule has 1 aromatic rings. The summed E-state index contributed by atoms with van der Waals surface area (Å²) in [6.07, 6.45) is 4.84. The van der Waals surface area contributed by atoms with Crippen LogP contribution in [-0.4, -0.2) is 25.5 Å². The van der Waals surface area contributed by atoms with E-state index >= 15 is 0 Å². The Kier molecular flexibility index (Phi) is 3.34. The van der Waals surface area contributed by atoms with Crippen molar-refractivity contribution in [1.82, 2.24) is 0 Å². The summed E-state index contributed by atoms with van der Waals surface area (Å²) >= 11 is -1.95. The monoisotopic (exact) mass is 324 g/mol. The van der Waals surface area contributed by atoms with E-state index < -0.39 is 18.4 Å². The first-order chi connectivity index (χ1) is 7.52. The first-order valence-electron chi connectivity index (χ1n) is 5.90. The van der Waals surface area contributed by atoms with Crippen molar-refractivity contribution in [3.05, 3.63) is 35.4 Å².